The largest absolute Gasteiger partial charge is 0.340 e. The highest BCUT2D eigenvalue weighted by atomic mass is 35.5. The molecular formula is C14H20Cl2N2O. The van der Waals surface area contributed by atoms with Crippen LogP contribution in [0.15, 0.2) is 18.2 Å². The van der Waals surface area contributed by atoms with Crippen LogP contribution in [0.4, 0.5) is 0 Å². The van der Waals surface area contributed by atoms with Crippen LogP contribution in [0, 0.1) is 0 Å². The fraction of sp³-hybridized carbons (Fsp3) is 0.500. The average molecular weight is 303 g/mol. The van der Waals surface area contributed by atoms with Gasteiger partial charge in [-0.2, -0.15) is 0 Å². The number of rotatable bonds is 6. The van der Waals surface area contributed by atoms with Crippen molar-refractivity contribution in [3.8, 4) is 0 Å². The lowest BCUT2D eigenvalue weighted by atomic mass is 10.1. The first-order valence-corrected chi connectivity index (χ1v) is 7.15. The van der Waals surface area contributed by atoms with Gasteiger partial charge in [-0.1, -0.05) is 49.0 Å². The molecule has 0 heterocycles. The van der Waals surface area contributed by atoms with Crippen molar-refractivity contribution in [1.29, 1.82) is 0 Å². The van der Waals surface area contributed by atoms with Gasteiger partial charge in [0.2, 0.25) is 5.91 Å². The zero-order valence-corrected chi connectivity index (χ0v) is 12.8. The Hall–Kier alpha value is -0.770. The molecule has 1 amide bonds. The number of hydrogen-bond donors (Lipinski definition) is 1. The second-order valence-corrected chi connectivity index (χ2v) is 5.52. The minimum absolute atomic E-state index is 0.0560. The van der Waals surface area contributed by atoms with Crippen molar-refractivity contribution in [2.45, 2.75) is 38.8 Å². The van der Waals surface area contributed by atoms with E-state index >= 15 is 0 Å². The van der Waals surface area contributed by atoms with Gasteiger partial charge in [0.25, 0.3) is 0 Å². The lowest BCUT2D eigenvalue weighted by Crippen LogP contribution is -2.41. The van der Waals surface area contributed by atoms with Gasteiger partial charge >= 0.3 is 0 Å². The number of hydrogen-bond acceptors (Lipinski definition) is 2. The van der Waals surface area contributed by atoms with Crippen molar-refractivity contribution in [2.24, 2.45) is 5.73 Å². The molecule has 1 unspecified atom stereocenters. The topological polar surface area (TPSA) is 46.3 Å². The van der Waals surface area contributed by atoms with Gasteiger partial charge in [0.15, 0.2) is 0 Å². The number of halogens is 2. The quantitative estimate of drug-likeness (QED) is 0.874. The van der Waals surface area contributed by atoms with Gasteiger partial charge < -0.3 is 10.6 Å². The summed E-state index contributed by atoms with van der Waals surface area (Å²) in [6.45, 7) is 2.52. The van der Waals surface area contributed by atoms with E-state index in [0.717, 1.165) is 18.4 Å². The molecule has 5 heteroatoms. The van der Waals surface area contributed by atoms with E-state index in [0.29, 0.717) is 23.0 Å². The molecule has 1 aromatic carbocycles. The monoisotopic (exact) mass is 302 g/mol. The van der Waals surface area contributed by atoms with Crippen LogP contribution in [-0.2, 0) is 11.3 Å². The second kappa shape index (κ2) is 7.73. The van der Waals surface area contributed by atoms with E-state index in [2.05, 4.69) is 6.92 Å². The summed E-state index contributed by atoms with van der Waals surface area (Å²) in [5.41, 5.74) is 6.74. The van der Waals surface area contributed by atoms with Crippen molar-refractivity contribution in [1.82, 2.24) is 4.90 Å². The third kappa shape index (κ3) is 5.01. The van der Waals surface area contributed by atoms with E-state index < -0.39 is 6.04 Å². The summed E-state index contributed by atoms with van der Waals surface area (Å²) in [6.07, 6.45) is 2.71. The van der Waals surface area contributed by atoms with Crippen LogP contribution < -0.4 is 5.73 Å². The van der Waals surface area contributed by atoms with E-state index in [1.165, 1.54) is 0 Å². The van der Waals surface area contributed by atoms with Crippen LogP contribution in [0.25, 0.3) is 0 Å². The van der Waals surface area contributed by atoms with Gasteiger partial charge in [0.05, 0.1) is 6.04 Å². The second-order valence-electron chi connectivity index (χ2n) is 4.68. The predicted molar refractivity (Wildman–Crippen MR) is 80.4 cm³/mol. The Bertz CT molecular complexity index is 437. The first-order valence-electron chi connectivity index (χ1n) is 6.40. The van der Waals surface area contributed by atoms with Crippen LogP contribution in [0.3, 0.4) is 0 Å². The summed E-state index contributed by atoms with van der Waals surface area (Å²) in [5, 5.41) is 1.15. The summed E-state index contributed by atoms with van der Waals surface area (Å²) in [6, 6.07) is 4.83. The Labute approximate surface area is 124 Å². The highest BCUT2D eigenvalue weighted by Crippen LogP contribution is 2.22. The molecule has 0 aliphatic heterocycles. The number of amides is 1. The zero-order chi connectivity index (χ0) is 14.4. The third-order valence-corrected chi connectivity index (χ3v) is 3.57. The van der Waals surface area contributed by atoms with Crippen LogP contribution >= 0.6 is 23.2 Å². The van der Waals surface area contributed by atoms with Crippen LogP contribution in [-0.4, -0.2) is 23.9 Å². The molecule has 2 N–H and O–H groups in total. The number of nitrogens with zero attached hydrogens (tertiary/aromatic N) is 1. The van der Waals surface area contributed by atoms with Crippen molar-refractivity contribution < 1.29 is 4.79 Å². The molecule has 3 nitrogen and oxygen atoms in total. The molecule has 1 rings (SSSR count). The molecule has 19 heavy (non-hydrogen) atoms. The average Bonchev–Trinajstić information content (AvgIpc) is 2.38. The number of carbonyl (C=O) groups excluding carboxylic acids is 1. The molecule has 0 bridgehead atoms. The zero-order valence-electron chi connectivity index (χ0n) is 11.3. The van der Waals surface area contributed by atoms with E-state index in [4.69, 9.17) is 28.9 Å². The first-order chi connectivity index (χ1) is 8.95. The molecule has 0 spiro atoms. The Kier molecular flexibility index (Phi) is 6.63. The number of benzene rings is 1. The van der Waals surface area contributed by atoms with E-state index in [-0.39, 0.29) is 5.91 Å². The molecule has 0 saturated heterocycles. The van der Waals surface area contributed by atoms with Crippen LogP contribution in [0.5, 0.6) is 0 Å². The first kappa shape index (κ1) is 16.3. The summed E-state index contributed by atoms with van der Waals surface area (Å²) >= 11 is 11.9. The minimum atomic E-state index is -0.434. The van der Waals surface area contributed by atoms with E-state index in [1.807, 2.05) is 6.07 Å². The normalized spacial score (nSPS) is 12.3. The molecule has 0 aliphatic carbocycles. The Morgan fingerprint density at radius 3 is 2.68 bits per heavy atom. The maximum Gasteiger partial charge on any atom is 0.239 e. The van der Waals surface area contributed by atoms with Gasteiger partial charge in [0, 0.05) is 23.6 Å². The van der Waals surface area contributed by atoms with Gasteiger partial charge in [-0.05, 0) is 24.1 Å². The maximum absolute atomic E-state index is 12.1. The Morgan fingerprint density at radius 1 is 1.42 bits per heavy atom. The molecule has 1 aromatic rings. The number of carbonyl (C=O) groups is 1. The van der Waals surface area contributed by atoms with Crippen molar-refractivity contribution in [2.75, 3.05) is 7.05 Å². The van der Waals surface area contributed by atoms with Gasteiger partial charge in [-0.3, -0.25) is 4.79 Å². The van der Waals surface area contributed by atoms with Crippen molar-refractivity contribution in [3.05, 3.63) is 33.8 Å². The van der Waals surface area contributed by atoms with Gasteiger partial charge in [-0.25, -0.2) is 0 Å². The molecule has 0 fully saturated rings. The van der Waals surface area contributed by atoms with Gasteiger partial charge in [0.1, 0.15) is 0 Å². The lowest BCUT2D eigenvalue weighted by molar-refractivity contribution is -0.132. The number of nitrogens with two attached hydrogens (primary N) is 1. The molecule has 0 aliphatic rings. The van der Waals surface area contributed by atoms with E-state index in [9.17, 15) is 4.79 Å². The highest BCUT2D eigenvalue weighted by molar-refractivity contribution is 6.35. The Balaban J connectivity index is 2.63. The minimum Gasteiger partial charge on any atom is -0.340 e. The fourth-order valence-electron chi connectivity index (χ4n) is 1.81. The summed E-state index contributed by atoms with van der Waals surface area (Å²) in [4.78, 5) is 13.7. The Morgan fingerprint density at radius 2 is 2.11 bits per heavy atom. The highest BCUT2D eigenvalue weighted by Gasteiger charge is 2.18. The molecule has 0 aromatic heterocycles. The van der Waals surface area contributed by atoms with E-state index in [1.54, 1.807) is 24.1 Å². The lowest BCUT2D eigenvalue weighted by Gasteiger charge is -2.22. The smallest absolute Gasteiger partial charge is 0.239 e. The molecule has 0 radical (unpaired) electrons. The summed E-state index contributed by atoms with van der Waals surface area (Å²) in [5.74, 6) is -0.0560. The van der Waals surface area contributed by atoms with Crippen molar-refractivity contribution >= 4 is 29.1 Å². The molecule has 0 saturated carbocycles. The summed E-state index contributed by atoms with van der Waals surface area (Å²) < 4.78 is 0. The molecule has 106 valence electrons. The third-order valence-electron chi connectivity index (χ3n) is 2.98. The molecular weight excluding hydrogens is 283 g/mol. The predicted octanol–water partition coefficient (Wildman–Crippen LogP) is 3.47. The van der Waals surface area contributed by atoms with Crippen LogP contribution in [0.2, 0.25) is 10.0 Å². The standard InChI is InChI=1S/C14H20Cl2N2O/c1-3-4-5-13(17)14(19)18(2)9-10-6-7-11(15)8-12(10)16/h6-8,13H,3-5,9,17H2,1-2H3. The maximum atomic E-state index is 12.1. The fourth-order valence-corrected chi connectivity index (χ4v) is 2.28. The van der Waals surface area contributed by atoms with Crippen molar-refractivity contribution in [3.63, 3.8) is 0 Å². The van der Waals surface area contributed by atoms with Gasteiger partial charge in [-0.15, -0.1) is 0 Å². The number of unbranched alkanes of at least 4 members (excludes halogenated alkanes) is 1. The van der Waals surface area contributed by atoms with Crippen LogP contribution in [0.1, 0.15) is 31.7 Å². The number of likely N-dealkylation sites (N-methyl/N-ethyl adjacent to an activating group) is 1. The summed E-state index contributed by atoms with van der Waals surface area (Å²) in [7, 11) is 1.74. The molecule has 1 atom stereocenters. The SMILES string of the molecule is CCCCC(N)C(=O)N(C)Cc1ccc(Cl)cc1Cl.